The van der Waals surface area contributed by atoms with Gasteiger partial charge in [-0.2, -0.15) is 5.10 Å². The molecule has 1 aliphatic rings. The highest BCUT2D eigenvalue weighted by Crippen LogP contribution is 2.32. The van der Waals surface area contributed by atoms with Crippen molar-refractivity contribution in [3.05, 3.63) is 35.7 Å². The zero-order valence-electron chi connectivity index (χ0n) is 9.80. The number of nitrogens with zero attached hydrogens (tertiary/aromatic N) is 3. The average molecular weight is 232 g/mol. The molecule has 0 saturated carbocycles. The molecule has 2 aromatic rings. The summed E-state index contributed by atoms with van der Waals surface area (Å²) in [4.78, 5) is 4.19. The predicted molar refractivity (Wildman–Crippen MR) is 62.5 cm³/mol. The zero-order valence-corrected chi connectivity index (χ0v) is 9.80. The Morgan fingerprint density at radius 1 is 1.59 bits per heavy atom. The maximum absolute atomic E-state index is 9.94. The van der Waals surface area contributed by atoms with Gasteiger partial charge in [0.15, 0.2) is 0 Å². The first-order valence-electron chi connectivity index (χ1n) is 6.00. The first-order chi connectivity index (χ1) is 8.27. The second-order valence-electron chi connectivity index (χ2n) is 4.58. The van der Waals surface area contributed by atoms with Gasteiger partial charge in [-0.15, -0.1) is 0 Å². The molecule has 2 heterocycles. The molecule has 2 N–H and O–H groups in total. The van der Waals surface area contributed by atoms with E-state index in [-0.39, 0.29) is 12.1 Å². The molecule has 0 aliphatic heterocycles. The van der Waals surface area contributed by atoms with Gasteiger partial charge in [-0.1, -0.05) is 0 Å². The number of aromatic nitrogens is 4. The van der Waals surface area contributed by atoms with E-state index >= 15 is 0 Å². The van der Waals surface area contributed by atoms with Gasteiger partial charge in [-0.05, 0) is 32.3 Å². The lowest BCUT2D eigenvalue weighted by molar-refractivity contribution is 0.155. The fourth-order valence-electron chi connectivity index (χ4n) is 2.60. The molecule has 0 saturated heterocycles. The summed E-state index contributed by atoms with van der Waals surface area (Å²) in [5.41, 5.74) is 2.30. The number of nitrogens with one attached hydrogen (secondary N) is 1. The molecule has 1 aliphatic carbocycles. The van der Waals surface area contributed by atoms with Crippen LogP contribution >= 0.6 is 0 Å². The third-order valence-corrected chi connectivity index (χ3v) is 3.56. The summed E-state index contributed by atoms with van der Waals surface area (Å²) in [6.45, 7) is 2.09. The zero-order chi connectivity index (χ0) is 11.8. The highest BCUT2D eigenvalue weighted by Gasteiger charge is 2.23. The number of hydrogen-bond acceptors (Lipinski definition) is 3. The fourth-order valence-corrected chi connectivity index (χ4v) is 2.60. The van der Waals surface area contributed by atoms with Crippen molar-refractivity contribution in [2.45, 2.75) is 38.3 Å². The van der Waals surface area contributed by atoms with Crippen LogP contribution in [0.4, 0.5) is 0 Å². The minimum absolute atomic E-state index is 0.131. The lowest BCUT2D eigenvalue weighted by Crippen LogP contribution is -2.15. The second kappa shape index (κ2) is 4.00. The van der Waals surface area contributed by atoms with Gasteiger partial charge in [0.25, 0.3) is 0 Å². The largest absolute Gasteiger partial charge is 0.388 e. The van der Waals surface area contributed by atoms with E-state index in [1.807, 2.05) is 12.3 Å². The molecule has 0 amide bonds. The Bertz CT molecular complexity index is 503. The van der Waals surface area contributed by atoms with Crippen LogP contribution in [0.1, 0.15) is 49.0 Å². The molecule has 0 bridgehead atoms. The molecule has 0 fully saturated rings. The number of hydrogen-bond donors (Lipinski definition) is 2. The standard InChI is InChI=1S/C12H16N4O/c1-8(12-13-7-14-15-12)16-6-5-9-10(16)3-2-4-11(9)17/h5-8,11,17H,2-4H2,1H3,(H,13,14,15). The van der Waals surface area contributed by atoms with E-state index in [0.717, 1.165) is 30.7 Å². The molecule has 5 heteroatoms. The van der Waals surface area contributed by atoms with Gasteiger partial charge in [0.2, 0.25) is 0 Å². The summed E-state index contributed by atoms with van der Waals surface area (Å²) < 4.78 is 2.18. The number of aliphatic hydroxyl groups excluding tert-OH is 1. The van der Waals surface area contributed by atoms with Gasteiger partial charge in [0, 0.05) is 17.5 Å². The van der Waals surface area contributed by atoms with Gasteiger partial charge < -0.3 is 9.67 Å². The van der Waals surface area contributed by atoms with Gasteiger partial charge in [0.05, 0.1) is 12.1 Å². The van der Waals surface area contributed by atoms with Gasteiger partial charge in [0.1, 0.15) is 12.2 Å². The summed E-state index contributed by atoms with van der Waals surface area (Å²) in [6.07, 6.45) is 6.19. The van der Waals surface area contributed by atoms with Crippen LogP contribution in [0.25, 0.3) is 0 Å². The highest BCUT2D eigenvalue weighted by molar-refractivity contribution is 5.28. The molecule has 5 nitrogen and oxygen atoms in total. The minimum Gasteiger partial charge on any atom is -0.388 e. The smallest absolute Gasteiger partial charge is 0.147 e. The summed E-state index contributed by atoms with van der Waals surface area (Å²) in [7, 11) is 0. The van der Waals surface area contributed by atoms with Gasteiger partial charge in [-0.3, -0.25) is 5.10 Å². The second-order valence-corrected chi connectivity index (χ2v) is 4.58. The normalized spacial score (nSPS) is 21.2. The molecule has 2 unspecified atom stereocenters. The topological polar surface area (TPSA) is 66.7 Å². The maximum atomic E-state index is 9.94. The van der Waals surface area contributed by atoms with Crippen LogP contribution in [0.3, 0.4) is 0 Å². The summed E-state index contributed by atoms with van der Waals surface area (Å²) in [6, 6.07) is 2.15. The van der Waals surface area contributed by atoms with Crippen molar-refractivity contribution in [2.75, 3.05) is 0 Å². The van der Waals surface area contributed by atoms with Crippen LogP contribution in [-0.4, -0.2) is 24.9 Å². The molecule has 0 spiro atoms. The first-order valence-corrected chi connectivity index (χ1v) is 6.00. The summed E-state index contributed by atoms with van der Waals surface area (Å²) in [5, 5.41) is 16.7. The van der Waals surface area contributed by atoms with Crippen molar-refractivity contribution in [3.63, 3.8) is 0 Å². The van der Waals surface area contributed by atoms with E-state index in [9.17, 15) is 5.11 Å². The van der Waals surface area contributed by atoms with Crippen LogP contribution in [0.5, 0.6) is 0 Å². The van der Waals surface area contributed by atoms with Crippen molar-refractivity contribution in [3.8, 4) is 0 Å². The number of H-pyrrole nitrogens is 1. The number of aromatic amines is 1. The van der Waals surface area contributed by atoms with E-state index in [2.05, 4.69) is 26.7 Å². The lowest BCUT2D eigenvalue weighted by Gasteiger charge is -2.22. The Labute approximate surface area is 99.5 Å². The van der Waals surface area contributed by atoms with Gasteiger partial charge in [-0.25, -0.2) is 4.98 Å². The van der Waals surface area contributed by atoms with E-state index < -0.39 is 0 Å². The Hall–Kier alpha value is -1.62. The van der Waals surface area contributed by atoms with Gasteiger partial charge >= 0.3 is 0 Å². The van der Waals surface area contributed by atoms with Crippen LogP contribution in [-0.2, 0) is 6.42 Å². The molecule has 17 heavy (non-hydrogen) atoms. The Balaban J connectivity index is 1.99. The number of rotatable bonds is 2. The van der Waals surface area contributed by atoms with E-state index in [1.54, 1.807) is 0 Å². The fraction of sp³-hybridized carbons (Fsp3) is 0.500. The third kappa shape index (κ3) is 1.67. The number of aliphatic hydroxyl groups is 1. The number of fused-ring (bicyclic) bond motifs is 1. The van der Waals surface area contributed by atoms with Crippen LogP contribution in [0, 0.1) is 0 Å². The molecule has 0 radical (unpaired) electrons. The molecular weight excluding hydrogens is 216 g/mol. The summed E-state index contributed by atoms with van der Waals surface area (Å²) >= 11 is 0. The van der Waals surface area contributed by atoms with Crippen LogP contribution in [0.15, 0.2) is 18.6 Å². The molecule has 2 aromatic heterocycles. The Morgan fingerprint density at radius 2 is 2.47 bits per heavy atom. The highest BCUT2D eigenvalue weighted by atomic mass is 16.3. The minimum atomic E-state index is -0.304. The van der Waals surface area contributed by atoms with Crippen LogP contribution in [0.2, 0.25) is 0 Å². The molecule has 3 rings (SSSR count). The van der Waals surface area contributed by atoms with Crippen molar-refractivity contribution in [1.82, 2.24) is 19.7 Å². The quantitative estimate of drug-likeness (QED) is 0.826. The van der Waals surface area contributed by atoms with E-state index in [4.69, 9.17) is 0 Å². The lowest BCUT2D eigenvalue weighted by atomic mass is 9.95. The maximum Gasteiger partial charge on any atom is 0.147 e. The monoisotopic (exact) mass is 232 g/mol. The van der Waals surface area contributed by atoms with Crippen molar-refractivity contribution in [2.24, 2.45) is 0 Å². The molecule has 0 aromatic carbocycles. The predicted octanol–water partition coefficient (Wildman–Crippen LogP) is 1.59. The van der Waals surface area contributed by atoms with Crippen molar-refractivity contribution >= 4 is 0 Å². The average Bonchev–Trinajstić information content (AvgIpc) is 2.98. The first kappa shape index (κ1) is 10.5. The summed E-state index contributed by atoms with van der Waals surface area (Å²) in [5.74, 6) is 0.850. The SMILES string of the molecule is CC(c1ncn[nH]1)n1ccc2c1CCCC2O. The van der Waals surface area contributed by atoms with Crippen LogP contribution < -0.4 is 0 Å². The van der Waals surface area contributed by atoms with E-state index in [1.165, 1.54) is 12.0 Å². The van der Waals surface area contributed by atoms with Crippen molar-refractivity contribution < 1.29 is 5.11 Å². The molecular formula is C12H16N4O. The van der Waals surface area contributed by atoms with Crippen molar-refractivity contribution in [1.29, 1.82) is 0 Å². The third-order valence-electron chi connectivity index (χ3n) is 3.56. The molecule has 90 valence electrons. The van der Waals surface area contributed by atoms with E-state index in [0.29, 0.717) is 0 Å². The molecule has 2 atom stereocenters. The Morgan fingerprint density at radius 3 is 3.24 bits per heavy atom. The Kier molecular flexibility index (Phi) is 2.48.